The predicted molar refractivity (Wildman–Crippen MR) is 117 cm³/mol. The molecule has 10 heteroatoms. The second-order valence-electron chi connectivity index (χ2n) is 6.98. The van der Waals surface area contributed by atoms with Crippen molar-refractivity contribution in [2.75, 3.05) is 5.32 Å². The number of aryl methyl sites for hydroxylation is 1. The van der Waals surface area contributed by atoms with Crippen molar-refractivity contribution in [3.63, 3.8) is 0 Å². The Balaban J connectivity index is 1.51. The Bertz CT molecular complexity index is 1170. The maximum absolute atomic E-state index is 13.1. The average molecular weight is 475 g/mol. The number of hydrogen-bond donors (Lipinski definition) is 1. The van der Waals surface area contributed by atoms with E-state index < -0.39 is 23.3 Å². The Morgan fingerprint density at radius 1 is 1.21 bits per heavy atom. The lowest BCUT2D eigenvalue weighted by Gasteiger charge is -2.06. The van der Waals surface area contributed by atoms with Gasteiger partial charge < -0.3 is 10.1 Å². The molecule has 0 bridgehead atoms. The molecular formula is C23H20F3N3O3S. The van der Waals surface area contributed by atoms with Crippen LogP contribution in [0.1, 0.15) is 45.8 Å². The first kappa shape index (κ1) is 24.1. The molecule has 3 rings (SSSR count). The normalized spacial score (nSPS) is 10.9. The van der Waals surface area contributed by atoms with Crippen LogP contribution in [0, 0.1) is 11.8 Å². The van der Waals surface area contributed by atoms with Crippen LogP contribution in [-0.4, -0.2) is 21.7 Å². The van der Waals surface area contributed by atoms with Gasteiger partial charge in [-0.05, 0) is 23.4 Å². The summed E-state index contributed by atoms with van der Waals surface area (Å²) < 4.78 is 45.4. The average Bonchev–Trinajstić information content (AvgIpc) is 3.39. The molecule has 0 aliphatic heterocycles. The number of amides is 1. The maximum atomic E-state index is 13.1. The standard InChI is InChI=1S/C23H20F3N3O3S/c1-29-14-17(21(28-29)23(24,25)26)22(31)27-18-12-13-33-19(18)10-6-3-7-11-20(30)32-15-16-8-4-2-5-9-16/h2,4-5,8-9,12-14H,3,7,11,15H2,1H3,(H,27,31). The first-order chi connectivity index (χ1) is 15.7. The van der Waals surface area contributed by atoms with Gasteiger partial charge in [0, 0.05) is 26.1 Å². The third-order valence-corrected chi connectivity index (χ3v) is 5.21. The molecule has 3 aromatic rings. The van der Waals surface area contributed by atoms with Gasteiger partial charge in [-0.2, -0.15) is 18.3 Å². The van der Waals surface area contributed by atoms with Gasteiger partial charge in [0.25, 0.3) is 5.91 Å². The molecule has 1 amide bonds. The number of alkyl halides is 3. The van der Waals surface area contributed by atoms with Crippen molar-refractivity contribution in [3.05, 3.63) is 69.7 Å². The highest BCUT2D eigenvalue weighted by Crippen LogP contribution is 2.31. The van der Waals surface area contributed by atoms with Crippen LogP contribution in [0.3, 0.4) is 0 Å². The van der Waals surface area contributed by atoms with Crippen molar-refractivity contribution in [2.45, 2.75) is 32.0 Å². The second kappa shape index (κ2) is 10.8. The summed E-state index contributed by atoms with van der Waals surface area (Å²) in [6.07, 6.45) is -2.58. The fourth-order valence-corrected chi connectivity index (χ4v) is 3.55. The number of carbonyl (C=O) groups is 2. The number of halogens is 3. The van der Waals surface area contributed by atoms with Gasteiger partial charge in [0.15, 0.2) is 5.69 Å². The predicted octanol–water partition coefficient (Wildman–Crippen LogP) is 5.02. The van der Waals surface area contributed by atoms with Gasteiger partial charge in [-0.3, -0.25) is 14.3 Å². The van der Waals surface area contributed by atoms with E-state index in [4.69, 9.17) is 4.74 Å². The number of hydrogen-bond acceptors (Lipinski definition) is 5. The van der Waals surface area contributed by atoms with E-state index in [0.717, 1.165) is 16.4 Å². The van der Waals surface area contributed by atoms with Crippen LogP contribution in [0.5, 0.6) is 0 Å². The highest BCUT2D eigenvalue weighted by molar-refractivity contribution is 7.11. The highest BCUT2D eigenvalue weighted by Gasteiger charge is 2.39. The largest absolute Gasteiger partial charge is 0.461 e. The third kappa shape index (κ3) is 6.95. The molecule has 0 spiro atoms. The zero-order valence-electron chi connectivity index (χ0n) is 17.6. The molecule has 0 aliphatic carbocycles. The monoisotopic (exact) mass is 475 g/mol. The number of nitrogens with one attached hydrogen (secondary N) is 1. The molecule has 0 radical (unpaired) electrons. The summed E-state index contributed by atoms with van der Waals surface area (Å²) in [7, 11) is 1.31. The molecule has 1 aromatic carbocycles. The van der Waals surface area contributed by atoms with Gasteiger partial charge in [-0.25, -0.2) is 0 Å². The number of ether oxygens (including phenoxy) is 1. The first-order valence-electron chi connectivity index (χ1n) is 9.92. The van der Waals surface area contributed by atoms with Crippen LogP contribution in [0.25, 0.3) is 0 Å². The fraction of sp³-hybridized carbons (Fsp3) is 0.261. The van der Waals surface area contributed by atoms with Crippen LogP contribution in [-0.2, 0) is 29.4 Å². The number of esters is 1. The molecule has 0 unspecified atom stereocenters. The summed E-state index contributed by atoms with van der Waals surface area (Å²) >= 11 is 1.25. The molecule has 0 saturated heterocycles. The van der Waals surface area contributed by atoms with Crippen molar-refractivity contribution in [1.29, 1.82) is 0 Å². The number of rotatable bonds is 7. The molecular weight excluding hydrogens is 455 g/mol. The van der Waals surface area contributed by atoms with E-state index >= 15 is 0 Å². The summed E-state index contributed by atoms with van der Waals surface area (Å²) in [5.74, 6) is 4.57. The van der Waals surface area contributed by atoms with Gasteiger partial charge >= 0.3 is 12.1 Å². The summed E-state index contributed by atoms with van der Waals surface area (Å²) in [6.45, 7) is 0.219. The minimum Gasteiger partial charge on any atom is -0.461 e. The van der Waals surface area contributed by atoms with E-state index in [0.29, 0.717) is 23.4 Å². The molecule has 172 valence electrons. The van der Waals surface area contributed by atoms with E-state index in [-0.39, 0.29) is 19.0 Å². The van der Waals surface area contributed by atoms with E-state index in [1.807, 2.05) is 30.3 Å². The van der Waals surface area contributed by atoms with Crippen molar-refractivity contribution in [2.24, 2.45) is 7.05 Å². The maximum Gasteiger partial charge on any atom is 0.435 e. The van der Waals surface area contributed by atoms with Crippen molar-refractivity contribution in [3.8, 4) is 11.8 Å². The lowest BCUT2D eigenvalue weighted by atomic mass is 10.2. The number of unbranched alkanes of at least 4 members (excludes halogenated alkanes) is 1. The summed E-state index contributed by atoms with van der Waals surface area (Å²) in [5, 5.41) is 7.48. The van der Waals surface area contributed by atoms with Gasteiger partial charge in [-0.1, -0.05) is 42.2 Å². The van der Waals surface area contributed by atoms with Gasteiger partial charge in [-0.15, -0.1) is 11.3 Å². The molecule has 0 saturated carbocycles. The highest BCUT2D eigenvalue weighted by atomic mass is 32.1. The van der Waals surface area contributed by atoms with E-state index in [9.17, 15) is 22.8 Å². The topological polar surface area (TPSA) is 73.2 Å². The Morgan fingerprint density at radius 3 is 2.70 bits per heavy atom. The lowest BCUT2D eigenvalue weighted by Crippen LogP contribution is -2.17. The first-order valence-corrected chi connectivity index (χ1v) is 10.8. The Kier molecular flexibility index (Phi) is 7.90. The van der Waals surface area contributed by atoms with Gasteiger partial charge in [0.1, 0.15) is 11.5 Å². The van der Waals surface area contributed by atoms with Crippen LogP contribution < -0.4 is 5.32 Å². The molecule has 2 heterocycles. The number of nitrogens with zero attached hydrogens (tertiary/aromatic N) is 2. The number of carbonyl (C=O) groups excluding carboxylic acids is 2. The van der Waals surface area contributed by atoms with Gasteiger partial charge in [0.05, 0.1) is 11.3 Å². The molecule has 33 heavy (non-hydrogen) atoms. The molecule has 0 atom stereocenters. The van der Waals surface area contributed by atoms with Crippen molar-refractivity contribution >= 4 is 28.9 Å². The molecule has 0 fully saturated rings. The van der Waals surface area contributed by atoms with E-state index in [1.165, 1.54) is 18.4 Å². The molecule has 0 aliphatic rings. The number of aromatic nitrogens is 2. The van der Waals surface area contributed by atoms with Crippen LogP contribution >= 0.6 is 11.3 Å². The molecule has 2 aromatic heterocycles. The van der Waals surface area contributed by atoms with Crippen LogP contribution in [0.15, 0.2) is 48.0 Å². The minimum absolute atomic E-state index is 0.219. The Labute approximate surface area is 192 Å². The number of thiophene rings is 1. The van der Waals surface area contributed by atoms with Crippen molar-refractivity contribution < 1.29 is 27.5 Å². The Hall–Kier alpha value is -3.58. The fourth-order valence-electron chi connectivity index (χ4n) is 2.83. The zero-order chi connectivity index (χ0) is 23.8. The lowest BCUT2D eigenvalue weighted by molar-refractivity contribution is -0.145. The SMILES string of the molecule is Cn1cc(C(=O)Nc2ccsc2C#CCCCC(=O)OCc2ccccc2)c(C(F)(F)F)n1. The summed E-state index contributed by atoms with van der Waals surface area (Å²) in [4.78, 5) is 24.7. The van der Waals surface area contributed by atoms with Crippen molar-refractivity contribution in [1.82, 2.24) is 9.78 Å². The summed E-state index contributed by atoms with van der Waals surface area (Å²) in [6, 6.07) is 10.9. The minimum atomic E-state index is -4.74. The number of anilines is 1. The Morgan fingerprint density at radius 2 is 1.97 bits per heavy atom. The van der Waals surface area contributed by atoms with E-state index in [1.54, 1.807) is 11.4 Å². The van der Waals surface area contributed by atoms with E-state index in [2.05, 4.69) is 22.3 Å². The second-order valence-corrected chi connectivity index (χ2v) is 7.90. The van der Waals surface area contributed by atoms with Gasteiger partial charge in [0.2, 0.25) is 0 Å². The molecule has 1 N–H and O–H groups in total. The zero-order valence-corrected chi connectivity index (χ0v) is 18.4. The molecule has 6 nitrogen and oxygen atoms in total. The number of benzene rings is 1. The third-order valence-electron chi connectivity index (χ3n) is 4.38. The summed E-state index contributed by atoms with van der Waals surface area (Å²) in [5.41, 5.74) is -0.586. The van der Waals surface area contributed by atoms with Crippen LogP contribution in [0.4, 0.5) is 18.9 Å². The smallest absolute Gasteiger partial charge is 0.435 e. The quantitative estimate of drug-likeness (QED) is 0.296. The van der Waals surface area contributed by atoms with Crippen LogP contribution in [0.2, 0.25) is 0 Å².